The van der Waals surface area contributed by atoms with Gasteiger partial charge in [0.15, 0.2) is 0 Å². The lowest BCUT2D eigenvalue weighted by molar-refractivity contribution is -0.120. The molecular formula is C19H21FN2O. The predicted octanol–water partition coefficient (Wildman–Crippen LogP) is 2.71. The number of benzene rings is 2. The van der Waals surface area contributed by atoms with Crippen LogP contribution in [0.2, 0.25) is 0 Å². The van der Waals surface area contributed by atoms with Gasteiger partial charge in [-0.25, -0.2) is 4.39 Å². The maximum Gasteiger partial charge on any atom is 0.224 e. The first-order valence-corrected chi connectivity index (χ1v) is 7.99. The topological polar surface area (TPSA) is 41.1 Å². The van der Waals surface area contributed by atoms with Gasteiger partial charge in [-0.1, -0.05) is 54.6 Å². The van der Waals surface area contributed by atoms with Crippen molar-refractivity contribution in [3.63, 3.8) is 0 Å². The minimum absolute atomic E-state index is 0.0263. The van der Waals surface area contributed by atoms with E-state index < -0.39 is 6.17 Å². The molecule has 2 N–H and O–H groups in total. The van der Waals surface area contributed by atoms with Crippen LogP contribution in [-0.4, -0.2) is 31.2 Å². The Kier molecular flexibility index (Phi) is 5.03. The fourth-order valence-electron chi connectivity index (χ4n) is 2.86. The van der Waals surface area contributed by atoms with Gasteiger partial charge in [-0.2, -0.15) is 0 Å². The van der Waals surface area contributed by atoms with Crippen molar-refractivity contribution in [2.24, 2.45) is 0 Å². The first-order chi connectivity index (χ1) is 11.2. The van der Waals surface area contributed by atoms with Gasteiger partial charge < -0.3 is 10.6 Å². The van der Waals surface area contributed by atoms with Gasteiger partial charge >= 0.3 is 0 Å². The Morgan fingerprint density at radius 1 is 1.09 bits per heavy atom. The number of nitrogens with one attached hydrogen (secondary N) is 2. The third-order valence-electron chi connectivity index (χ3n) is 4.14. The van der Waals surface area contributed by atoms with Crippen LogP contribution in [0, 0.1) is 0 Å². The van der Waals surface area contributed by atoms with Crippen molar-refractivity contribution in [1.82, 2.24) is 10.6 Å². The standard InChI is InChI=1S/C19H21FN2O/c20-17-11-18(21-12-17)13-22-19(23)10-14-6-8-16(9-7-14)15-4-2-1-3-5-15/h1-9,17-18,21H,10-13H2,(H,22,23)/t17-,18-/m0/s1. The molecular weight excluding hydrogens is 291 g/mol. The highest BCUT2D eigenvalue weighted by atomic mass is 19.1. The number of rotatable bonds is 5. The van der Waals surface area contributed by atoms with Crippen LogP contribution in [-0.2, 0) is 11.2 Å². The van der Waals surface area contributed by atoms with Gasteiger partial charge in [0.1, 0.15) is 6.17 Å². The van der Waals surface area contributed by atoms with Crippen molar-refractivity contribution >= 4 is 5.91 Å². The van der Waals surface area contributed by atoms with Crippen LogP contribution in [0.3, 0.4) is 0 Å². The summed E-state index contributed by atoms with van der Waals surface area (Å²) in [6.07, 6.45) is 0.0369. The number of hydrogen-bond donors (Lipinski definition) is 2. The summed E-state index contributed by atoms with van der Waals surface area (Å²) in [5.41, 5.74) is 3.28. The molecule has 0 radical (unpaired) electrons. The molecule has 23 heavy (non-hydrogen) atoms. The van der Waals surface area contributed by atoms with Gasteiger partial charge in [-0.05, 0) is 23.1 Å². The summed E-state index contributed by atoms with van der Waals surface area (Å²) in [7, 11) is 0. The van der Waals surface area contributed by atoms with Crippen LogP contribution in [0.4, 0.5) is 4.39 Å². The molecule has 3 rings (SSSR count). The summed E-state index contributed by atoms with van der Waals surface area (Å²) in [6, 6.07) is 18.2. The van der Waals surface area contributed by atoms with Crippen molar-refractivity contribution in [3.8, 4) is 11.1 Å². The highest BCUT2D eigenvalue weighted by Gasteiger charge is 2.23. The van der Waals surface area contributed by atoms with Gasteiger partial charge in [-0.15, -0.1) is 0 Å². The normalized spacial score (nSPS) is 20.4. The molecule has 2 atom stereocenters. The van der Waals surface area contributed by atoms with Crippen molar-refractivity contribution in [1.29, 1.82) is 0 Å². The smallest absolute Gasteiger partial charge is 0.224 e. The van der Waals surface area contributed by atoms with E-state index in [0.29, 0.717) is 25.9 Å². The molecule has 0 aliphatic carbocycles. The van der Waals surface area contributed by atoms with Crippen molar-refractivity contribution in [2.75, 3.05) is 13.1 Å². The number of carbonyl (C=O) groups is 1. The van der Waals surface area contributed by atoms with Crippen LogP contribution in [0.1, 0.15) is 12.0 Å². The van der Waals surface area contributed by atoms with E-state index in [4.69, 9.17) is 0 Å². The monoisotopic (exact) mass is 312 g/mol. The van der Waals surface area contributed by atoms with Gasteiger partial charge in [0.05, 0.1) is 6.42 Å². The number of amides is 1. The molecule has 3 nitrogen and oxygen atoms in total. The molecule has 2 aromatic rings. The summed E-state index contributed by atoms with van der Waals surface area (Å²) >= 11 is 0. The van der Waals surface area contributed by atoms with Crippen LogP contribution in [0.5, 0.6) is 0 Å². The average Bonchev–Trinajstić information content (AvgIpc) is 3.00. The lowest BCUT2D eigenvalue weighted by Gasteiger charge is -2.11. The van der Waals surface area contributed by atoms with E-state index in [2.05, 4.69) is 22.8 Å². The van der Waals surface area contributed by atoms with Gasteiger partial charge in [0.2, 0.25) is 5.91 Å². The van der Waals surface area contributed by atoms with Crippen LogP contribution >= 0.6 is 0 Å². The van der Waals surface area contributed by atoms with E-state index in [1.54, 1.807) is 0 Å². The van der Waals surface area contributed by atoms with Crippen LogP contribution in [0.25, 0.3) is 11.1 Å². The molecule has 1 aliphatic rings. The molecule has 1 aliphatic heterocycles. The third-order valence-corrected chi connectivity index (χ3v) is 4.14. The minimum atomic E-state index is -0.789. The summed E-state index contributed by atoms with van der Waals surface area (Å²) in [5, 5.41) is 5.93. The van der Waals surface area contributed by atoms with E-state index in [1.807, 2.05) is 42.5 Å². The molecule has 0 spiro atoms. The molecule has 4 heteroatoms. The second-order valence-corrected chi connectivity index (χ2v) is 5.98. The summed E-state index contributed by atoms with van der Waals surface area (Å²) < 4.78 is 13.0. The minimum Gasteiger partial charge on any atom is -0.354 e. The molecule has 0 aromatic heterocycles. The molecule has 120 valence electrons. The lowest BCUT2D eigenvalue weighted by atomic mass is 10.0. The highest BCUT2D eigenvalue weighted by molar-refractivity contribution is 5.78. The quantitative estimate of drug-likeness (QED) is 0.891. The Morgan fingerprint density at radius 3 is 2.43 bits per heavy atom. The first-order valence-electron chi connectivity index (χ1n) is 7.99. The van der Waals surface area contributed by atoms with E-state index >= 15 is 0 Å². The molecule has 0 bridgehead atoms. The first kappa shape index (κ1) is 15.7. The molecule has 1 heterocycles. The Morgan fingerprint density at radius 2 is 1.78 bits per heavy atom. The average molecular weight is 312 g/mol. The Bertz CT molecular complexity index is 642. The molecule has 2 aromatic carbocycles. The fraction of sp³-hybridized carbons (Fsp3) is 0.316. The largest absolute Gasteiger partial charge is 0.354 e. The fourth-order valence-corrected chi connectivity index (χ4v) is 2.86. The summed E-state index contributed by atoms with van der Waals surface area (Å²) in [5.74, 6) is -0.0263. The Labute approximate surface area is 135 Å². The molecule has 0 unspecified atom stereocenters. The van der Waals surface area contributed by atoms with Crippen LogP contribution in [0.15, 0.2) is 54.6 Å². The van der Waals surface area contributed by atoms with Crippen molar-refractivity contribution in [3.05, 3.63) is 60.2 Å². The van der Waals surface area contributed by atoms with E-state index in [0.717, 1.165) is 16.7 Å². The second-order valence-electron chi connectivity index (χ2n) is 5.98. The highest BCUT2D eigenvalue weighted by Crippen LogP contribution is 2.19. The molecule has 1 saturated heterocycles. The lowest BCUT2D eigenvalue weighted by Crippen LogP contribution is -2.37. The Hall–Kier alpha value is -2.20. The van der Waals surface area contributed by atoms with E-state index in [1.165, 1.54) is 0 Å². The maximum absolute atomic E-state index is 13.0. The van der Waals surface area contributed by atoms with E-state index in [9.17, 15) is 9.18 Å². The number of carbonyl (C=O) groups excluding carboxylic acids is 1. The summed E-state index contributed by atoms with van der Waals surface area (Å²) in [6.45, 7) is 0.878. The van der Waals surface area contributed by atoms with E-state index in [-0.39, 0.29) is 11.9 Å². The summed E-state index contributed by atoms with van der Waals surface area (Å²) in [4.78, 5) is 12.0. The van der Waals surface area contributed by atoms with Gasteiger partial charge in [0, 0.05) is 19.1 Å². The second kappa shape index (κ2) is 7.38. The zero-order valence-corrected chi connectivity index (χ0v) is 13.0. The van der Waals surface area contributed by atoms with Crippen LogP contribution < -0.4 is 10.6 Å². The molecule has 1 fully saturated rings. The van der Waals surface area contributed by atoms with Gasteiger partial charge in [-0.3, -0.25) is 4.79 Å². The number of hydrogen-bond acceptors (Lipinski definition) is 2. The van der Waals surface area contributed by atoms with Crippen molar-refractivity contribution in [2.45, 2.75) is 25.1 Å². The zero-order chi connectivity index (χ0) is 16.1. The number of alkyl halides is 1. The van der Waals surface area contributed by atoms with Gasteiger partial charge in [0.25, 0.3) is 0 Å². The Balaban J connectivity index is 1.51. The SMILES string of the molecule is O=C(Cc1ccc(-c2ccccc2)cc1)NC[C@@H]1C[C@H](F)CN1. The predicted molar refractivity (Wildman–Crippen MR) is 89.9 cm³/mol. The molecule has 1 amide bonds. The molecule has 0 saturated carbocycles. The third kappa shape index (κ3) is 4.39. The zero-order valence-electron chi connectivity index (χ0n) is 13.0. The maximum atomic E-state index is 13.0. The van der Waals surface area contributed by atoms with Crippen molar-refractivity contribution < 1.29 is 9.18 Å². The number of halogens is 1.